The molecule has 0 heterocycles. The van der Waals surface area contributed by atoms with Crippen LogP contribution in [0.4, 0.5) is 0 Å². The van der Waals surface area contributed by atoms with Gasteiger partial charge in [0.15, 0.2) is 0 Å². The summed E-state index contributed by atoms with van der Waals surface area (Å²) in [4.78, 5) is 0. The van der Waals surface area contributed by atoms with Crippen molar-refractivity contribution in [1.29, 1.82) is 0 Å². The van der Waals surface area contributed by atoms with E-state index in [1.165, 1.54) is 0 Å². The SMILES string of the molecule is CCCCOC(=S)S.[Cu].[NaH]. The van der Waals surface area contributed by atoms with Crippen molar-refractivity contribution in [2.24, 2.45) is 0 Å². The summed E-state index contributed by atoms with van der Waals surface area (Å²) in [7, 11) is 0. The van der Waals surface area contributed by atoms with Gasteiger partial charge in [-0.2, -0.15) is 0 Å². The van der Waals surface area contributed by atoms with Crippen LogP contribution >= 0.6 is 24.8 Å². The zero-order valence-corrected chi connectivity index (χ0v) is 7.84. The van der Waals surface area contributed by atoms with Crippen LogP contribution in [0.3, 0.4) is 0 Å². The maximum absolute atomic E-state index is 4.88. The molecule has 1 nitrogen and oxygen atoms in total. The Kier molecular flexibility index (Phi) is 23.7. The molecule has 0 N–H and O–H groups in total. The van der Waals surface area contributed by atoms with Gasteiger partial charge in [0.25, 0.3) is 0 Å². The van der Waals surface area contributed by atoms with Crippen LogP contribution < -0.4 is 0 Å². The van der Waals surface area contributed by atoms with Crippen molar-refractivity contribution in [1.82, 2.24) is 0 Å². The molecule has 0 fully saturated rings. The average Bonchev–Trinajstić information content (AvgIpc) is 1.66. The quantitative estimate of drug-likeness (QED) is 0.344. The summed E-state index contributed by atoms with van der Waals surface area (Å²) >= 11 is 8.33. The fourth-order valence-corrected chi connectivity index (χ4v) is 0.478. The molecule has 0 bridgehead atoms. The Hall–Kier alpha value is 1.76. The van der Waals surface area contributed by atoms with Gasteiger partial charge in [0, 0.05) is 17.1 Å². The van der Waals surface area contributed by atoms with Crippen molar-refractivity contribution in [2.75, 3.05) is 6.61 Å². The first kappa shape index (κ1) is 17.7. The fourth-order valence-electron chi connectivity index (χ4n) is 0.304. The monoisotopic (exact) mass is 237 g/mol. The molecule has 10 heavy (non-hydrogen) atoms. The number of ether oxygens (including phenoxy) is 1. The third-order valence-electron chi connectivity index (χ3n) is 0.723. The van der Waals surface area contributed by atoms with E-state index in [2.05, 4.69) is 31.8 Å². The normalized spacial score (nSPS) is 7.00. The predicted molar refractivity (Wildman–Crippen MR) is 49.6 cm³/mol. The van der Waals surface area contributed by atoms with Gasteiger partial charge in [-0.15, -0.1) is 0 Å². The summed E-state index contributed by atoms with van der Waals surface area (Å²) in [5, 5.41) is 0. The van der Waals surface area contributed by atoms with E-state index in [0.29, 0.717) is 11.0 Å². The fraction of sp³-hybridized carbons (Fsp3) is 0.800. The van der Waals surface area contributed by atoms with Crippen LogP contribution in [0.1, 0.15) is 19.8 Å². The molecule has 0 aromatic heterocycles. The first-order valence-electron chi connectivity index (χ1n) is 2.63. The number of rotatable bonds is 3. The van der Waals surface area contributed by atoms with E-state index in [1.54, 1.807) is 0 Å². The molecule has 0 amide bonds. The molecule has 5 heteroatoms. The molecule has 0 aliphatic rings. The van der Waals surface area contributed by atoms with Gasteiger partial charge in [-0.3, -0.25) is 0 Å². The molecule has 0 aliphatic carbocycles. The van der Waals surface area contributed by atoms with E-state index in [0.717, 1.165) is 12.8 Å². The van der Waals surface area contributed by atoms with E-state index >= 15 is 0 Å². The summed E-state index contributed by atoms with van der Waals surface area (Å²) in [6.45, 7) is 2.81. The molecule has 0 unspecified atom stereocenters. The number of thiocarbonyl (C=S) groups is 1. The second-order valence-electron chi connectivity index (χ2n) is 1.47. The van der Waals surface area contributed by atoms with Crippen LogP contribution in [0.5, 0.6) is 0 Å². The Balaban J connectivity index is -0.000000245. The van der Waals surface area contributed by atoms with Crippen LogP contribution in [-0.4, -0.2) is 40.5 Å². The number of hydrogen-bond acceptors (Lipinski definition) is 2. The predicted octanol–water partition coefficient (Wildman–Crippen LogP) is 1.37. The Morgan fingerprint density at radius 3 is 2.40 bits per heavy atom. The van der Waals surface area contributed by atoms with Crippen molar-refractivity contribution in [3.63, 3.8) is 0 Å². The van der Waals surface area contributed by atoms with Gasteiger partial charge >= 0.3 is 29.6 Å². The second kappa shape index (κ2) is 13.4. The third kappa shape index (κ3) is 16.4. The van der Waals surface area contributed by atoms with Gasteiger partial charge in [-0.25, -0.2) is 0 Å². The number of hydrogen-bond donors (Lipinski definition) is 1. The van der Waals surface area contributed by atoms with E-state index in [4.69, 9.17) is 4.74 Å². The molecular weight excluding hydrogens is 227 g/mol. The molecule has 0 saturated heterocycles. The first-order valence-corrected chi connectivity index (χ1v) is 3.48. The van der Waals surface area contributed by atoms with E-state index < -0.39 is 0 Å². The zero-order valence-electron chi connectivity index (χ0n) is 5.19. The summed E-state index contributed by atoms with van der Waals surface area (Å²) in [6.07, 6.45) is 2.19. The zero-order chi connectivity index (χ0) is 6.41. The van der Waals surface area contributed by atoms with Gasteiger partial charge in [0.1, 0.15) is 0 Å². The van der Waals surface area contributed by atoms with Crippen molar-refractivity contribution in [3.05, 3.63) is 0 Å². The first-order chi connectivity index (χ1) is 3.77. The van der Waals surface area contributed by atoms with E-state index in [1.807, 2.05) is 0 Å². The minimum atomic E-state index is 0. The number of unbranched alkanes of at least 4 members (excludes halogenated alkanes) is 1. The summed E-state index contributed by atoms with van der Waals surface area (Å²) < 4.78 is 5.22. The minimum absolute atomic E-state index is 0. The molecule has 0 saturated carbocycles. The van der Waals surface area contributed by atoms with Gasteiger partial charge < -0.3 is 4.74 Å². The molecule has 1 radical (unpaired) electrons. The van der Waals surface area contributed by atoms with Crippen molar-refractivity contribution < 1.29 is 21.8 Å². The van der Waals surface area contributed by atoms with E-state index in [9.17, 15) is 0 Å². The molecule has 0 aromatic carbocycles. The van der Waals surface area contributed by atoms with Gasteiger partial charge in [0.2, 0.25) is 4.38 Å². The second-order valence-corrected chi connectivity index (χ2v) is 2.55. The van der Waals surface area contributed by atoms with Gasteiger partial charge in [-0.1, -0.05) is 26.0 Å². The van der Waals surface area contributed by atoms with Crippen LogP contribution in [-0.2, 0) is 21.8 Å². The van der Waals surface area contributed by atoms with Crippen LogP contribution in [0.15, 0.2) is 0 Å². The average molecular weight is 238 g/mol. The molecule has 0 spiro atoms. The molecule has 0 aliphatic heterocycles. The van der Waals surface area contributed by atoms with Crippen LogP contribution in [0, 0.1) is 0 Å². The van der Waals surface area contributed by atoms with Crippen molar-refractivity contribution in [2.45, 2.75) is 19.8 Å². The maximum atomic E-state index is 4.88. The Morgan fingerprint density at radius 2 is 2.10 bits per heavy atom. The molecule has 0 atom stereocenters. The van der Waals surface area contributed by atoms with Crippen molar-refractivity contribution >= 4 is 58.8 Å². The molecular formula is C5H11CuNaOS2. The molecule has 0 aromatic rings. The van der Waals surface area contributed by atoms with Crippen LogP contribution in [0.25, 0.3) is 0 Å². The number of thiol groups is 1. The Labute approximate surface area is 106 Å². The summed E-state index contributed by atoms with van der Waals surface area (Å²) in [6, 6.07) is 0. The molecule has 0 rings (SSSR count). The van der Waals surface area contributed by atoms with E-state index in [-0.39, 0.29) is 46.6 Å². The summed E-state index contributed by atoms with van der Waals surface area (Å²) in [5.41, 5.74) is 0. The Morgan fingerprint density at radius 1 is 1.60 bits per heavy atom. The van der Waals surface area contributed by atoms with Crippen molar-refractivity contribution in [3.8, 4) is 0 Å². The molecule has 61 valence electrons. The third-order valence-corrected chi connectivity index (χ3v) is 0.970. The van der Waals surface area contributed by atoms with Gasteiger partial charge in [-0.05, 0) is 18.6 Å². The van der Waals surface area contributed by atoms with Crippen LogP contribution in [0.2, 0.25) is 0 Å². The topological polar surface area (TPSA) is 9.23 Å². The van der Waals surface area contributed by atoms with Gasteiger partial charge in [0.05, 0.1) is 6.61 Å². The standard InChI is InChI=1S/C5H10OS2.Cu.Na.H/c1-2-3-4-6-5(7)8;;;/h2-4H2,1H3,(H,7,8);;;. The Bertz CT molecular complexity index is 82.0. The summed E-state index contributed by atoms with van der Waals surface area (Å²) in [5.74, 6) is 0.